The lowest BCUT2D eigenvalue weighted by molar-refractivity contribution is 0.792. The highest BCUT2D eigenvalue weighted by Crippen LogP contribution is 2.29. The number of halogens is 2. The Morgan fingerprint density at radius 2 is 2.05 bits per heavy atom. The van der Waals surface area contributed by atoms with Gasteiger partial charge in [0.1, 0.15) is 11.6 Å². The lowest BCUT2D eigenvalue weighted by Crippen LogP contribution is -2.11. The molecule has 1 unspecified atom stereocenters. The molecule has 0 aromatic carbocycles. The first-order valence-electron chi connectivity index (χ1n) is 5.79. The molecular formula is C12H14Cl2N4S. The number of thiazole rings is 1. The average Bonchev–Trinajstić information content (AvgIpc) is 2.91. The second-order valence-electron chi connectivity index (χ2n) is 4.05. The summed E-state index contributed by atoms with van der Waals surface area (Å²) in [6.45, 7) is 2.82. The van der Waals surface area contributed by atoms with Crippen LogP contribution < -0.4 is 10.6 Å². The van der Waals surface area contributed by atoms with Gasteiger partial charge in [0.25, 0.3) is 0 Å². The first-order valence-corrected chi connectivity index (χ1v) is 7.42. The van der Waals surface area contributed by atoms with Gasteiger partial charge in [-0.2, -0.15) is 0 Å². The summed E-state index contributed by atoms with van der Waals surface area (Å²) in [4.78, 5) is 8.63. The van der Waals surface area contributed by atoms with Crippen molar-refractivity contribution in [2.75, 3.05) is 24.2 Å². The van der Waals surface area contributed by atoms with E-state index in [0.29, 0.717) is 34.1 Å². The summed E-state index contributed by atoms with van der Waals surface area (Å²) < 4.78 is 0. The Morgan fingerprint density at radius 1 is 1.32 bits per heavy atom. The zero-order valence-electron chi connectivity index (χ0n) is 10.6. The zero-order chi connectivity index (χ0) is 13.8. The minimum absolute atomic E-state index is 0.298. The van der Waals surface area contributed by atoms with Crippen molar-refractivity contribution in [3.63, 3.8) is 0 Å². The molecule has 0 aliphatic carbocycles. The van der Waals surface area contributed by atoms with Crippen LogP contribution in [0.3, 0.4) is 0 Å². The molecule has 2 N–H and O–H groups in total. The largest absolute Gasteiger partial charge is 0.372 e. The van der Waals surface area contributed by atoms with E-state index in [1.807, 2.05) is 11.6 Å². The Bertz CT molecular complexity index is 545. The topological polar surface area (TPSA) is 49.8 Å². The molecule has 4 nitrogen and oxygen atoms in total. The number of aromatic nitrogens is 2. The van der Waals surface area contributed by atoms with E-state index < -0.39 is 0 Å². The van der Waals surface area contributed by atoms with Crippen molar-refractivity contribution in [2.24, 2.45) is 0 Å². The predicted octanol–water partition coefficient (Wildman–Crippen LogP) is 4.10. The van der Waals surface area contributed by atoms with Gasteiger partial charge in [-0.15, -0.1) is 11.3 Å². The molecule has 0 aliphatic heterocycles. The fourth-order valence-electron chi connectivity index (χ4n) is 1.58. The molecule has 2 rings (SSSR count). The smallest absolute Gasteiger partial charge is 0.147 e. The van der Waals surface area contributed by atoms with E-state index in [1.54, 1.807) is 24.5 Å². The van der Waals surface area contributed by atoms with Crippen molar-refractivity contribution < 1.29 is 0 Å². The van der Waals surface area contributed by atoms with Crippen molar-refractivity contribution in [2.45, 2.75) is 12.8 Å². The number of hydrogen-bond acceptors (Lipinski definition) is 5. The summed E-state index contributed by atoms with van der Waals surface area (Å²) in [7, 11) is 1.77. The molecule has 2 aromatic heterocycles. The van der Waals surface area contributed by atoms with Gasteiger partial charge in [-0.05, 0) is 6.07 Å². The molecule has 0 amide bonds. The van der Waals surface area contributed by atoms with E-state index in [9.17, 15) is 0 Å². The van der Waals surface area contributed by atoms with E-state index in [0.717, 1.165) is 5.01 Å². The van der Waals surface area contributed by atoms with Crippen LogP contribution in [0.4, 0.5) is 11.6 Å². The Hall–Kier alpha value is -1.04. The molecule has 0 spiro atoms. The molecule has 102 valence electrons. The molecule has 0 saturated heterocycles. The van der Waals surface area contributed by atoms with Crippen LogP contribution in [0.15, 0.2) is 17.6 Å². The van der Waals surface area contributed by atoms with Crippen molar-refractivity contribution in [3.8, 4) is 0 Å². The van der Waals surface area contributed by atoms with Gasteiger partial charge < -0.3 is 10.6 Å². The third kappa shape index (κ3) is 3.49. The number of nitrogens with zero attached hydrogens (tertiary/aromatic N) is 2. The van der Waals surface area contributed by atoms with E-state index in [4.69, 9.17) is 23.2 Å². The monoisotopic (exact) mass is 316 g/mol. The van der Waals surface area contributed by atoms with Crippen LogP contribution in [0.1, 0.15) is 17.8 Å². The molecule has 0 saturated carbocycles. The Morgan fingerprint density at radius 3 is 2.68 bits per heavy atom. The molecular weight excluding hydrogens is 303 g/mol. The van der Waals surface area contributed by atoms with E-state index in [1.165, 1.54) is 0 Å². The lowest BCUT2D eigenvalue weighted by atomic mass is 10.2. The normalized spacial score (nSPS) is 12.2. The second-order valence-corrected chi connectivity index (χ2v) is 5.79. The summed E-state index contributed by atoms with van der Waals surface area (Å²) in [6.07, 6.45) is 1.81. The van der Waals surface area contributed by atoms with Gasteiger partial charge in [-0.25, -0.2) is 9.97 Å². The second kappa shape index (κ2) is 6.41. The minimum atomic E-state index is 0.298. The zero-order valence-corrected chi connectivity index (χ0v) is 12.9. The standard InChI is InChI=1S/C12H14Cl2N4S/c1-7(12-16-3-4-19-12)6-17-11-9(14)5-8(13)10(15-2)18-11/h3-5,7H,6H2,1-2H3,(H2,15,17,18). The average molecular weight is 317 g/mol. The highest BCUT2D eigenvalue weighted by molar-refractivity contribution is 7.09. The van der Waals surface area contributed by atoms with Gasteiger partial charge in [-0.3, -0.25) is 0 Å². The molecule has 0 radical (unpaired) electrons. The molecule has 1 atom stereocenters. The summed E-state index contributed by atoms with van der Waals surface area (Å²) in [5.41, 5.74) is 0. The predicted molar refractivity (Wildman–Crippen MR) is 82.8 cm³/mol. The van der Waals surface area contributed by atoms with Gasteiger partial charge in [-0.1, -0.05) is 30.1 Å². The van der Waals surface area contributed by atoms with Crippen molar-refractivity contribution >= 4 is 46.2 Å². The first-order chi connectivity index (χ1) is 9.11. The third-order valence-electron chi connectivity index (χ3n) is 2.61. The van der Waals surface area contributed by atoms with Crippen LogP contribution in [-0.4, -0.2) is 23.6 Å². The quantitative estimate of drug-likeness (QED) is 0.871. The maximum Gasteiger partial charge on any atom is 0.147 e. The summed E-state index contributed by atoms with van der Waals surface area (Å²) >= 11 is 13.8. The number of hydrogen-bond donors (Lipinski definition) is 2. The van der Waals surface area contributed by atoms with Gasteiger partial charge >= 0.3 is 0 Å². The van der Waals surface area contributed by atoms with Gasteiger partial charge in [0, 0.05) is 31.1 Å². The van der Waals surface area contributed by atoms with Crippen LogP contribution in [0, 0.1) is 0 Å². The molecule has 19 heavy (non-hydrogen) atoms. The Kier molecular flexibility index (Phi) is 4.85. The number of nitrogens with one attached hydrogen (secondary N) is 2. The van der Waals surface area contributed by atoms with Crippen molar-refractivity contribution in [3.05, 3.63) is 32.7 Å². The van der Waals surface area contributed by atoms with Gasteiger partial charge in [0.05, 0.1) is 15.1 Å². The van der Waals surface area contributed by atoms with Crippen LogP contribution in [0.25, 0.3) is 0 Å². The van der Waals surface area contributed by atoms with E-state index in [2.05, 4.69) is 27.5 Å². The molecule has 0 bridgehead atoms. The van der Waals surface area contributed by atoms with Gasteiger partial charge in [0.15, 0.2) is 0 Å². The van der Waals surface area contributed by atoms with E-state index >= 15 is 0 Å². The Balaban J connectivity index is 2.07. The molecule has 2 aromatic rings. The fourth-order valence-corrected chi connectivity index (χ4v) is 2.80. The number of anilines is 2. The molecule has 0 fully saturated rings. The minimum Gasteiger partial charge on any atom is -0.372 e. The van der Waals surface area contributed by atoms with Crippen LogP contribution in [-0.2, 0) is 0 Å². The number of pyridine rings is 1. The van der Waals surface area contributed by atoms with Crippen molar-refractivity contribution in [1.82, 2.24) is 9.97 Å². The Labute approximate surface area is 126 Å². The maximum atomic E-state index is 6.12. The summed E-state index contributed by atoms with van der Waals surface area (Å²) in [6, 6.07) is 1.68. The molecule has 2 heterocycles. The van der Waals surface area contributed by atoms with Crippen LogP contribution >= 0.6 is 34.5 Å². The maximum absolute atomic E-state index is 6.12. The van der Waals surface area contributed by atoms with E-state index in [-0.39, 0.29) is 0 Å². The number of rotatable bonds is 5. The highest BCUT2D eigenvalue weighted by Gasteiger charge is 2.11. The lowest BCUT2D eigenvalue weighted by Gasteiger charge is -2.13. The first kappa shape index (κ1) is 14.4. The van der Waals surface area contributed by atoms with Crippen LogP contribution in [0.2, 0.25) is 10.0 Å². The van der Waals surface area contributed by atoms with Gasteiger partial charge in [0.2, 0.25) is 0 Å². The van der Waals surface area contributed by atoms with Crippen LogP contribution in [0.5, 0.6) is 0 Å². The SMILES string of the molecule is CNc1nc(NCC(C)c2nccs2)c(Cl)cc1Cl. The highest BCUT2D eigenvalue weighted by atomic mass is 35.5. The molecule has 0 aliphatic rings. The molecule has 7 heteroatoms. The fraction of sp³-hybridized carbons (Fsp3) is 0.333. The summed E-state index contributed by atoms with van der Waals surface area (Å²) in [5, 5.41) is 10.2. The summed E-state index contributed by atoms with van der Waals surface area (Å²) in [5.74, 6) is 1.53. The third-order valence-corrected chi connectivity index (χ3v) is 4.20. The van der Waals surface area contributed by atoms with Crippen molar-refractivity contribution in [1.29, 1.82) is 0 Å².